The van der Waals surface area contributed by atoms with E-state index >= 15 is 0 Å². The zero-order valence-electron chi connectivity index (χ0n) is 12.7. The molecule has 0 bridgehead atoms. The molecule has 1 aromatic heterocycles. The molecule has 122 valence electrons. The second-order valence-electron chi connectivity index (χ2n) is 5.36. The number of aliphatic hydroxyl groups excluding tert-OH is 1. The Morgan fingerprint density at radius 1 is 1.50 bits per heavy atom. The van der Waals surface area contributed by atoms with Crippen molar-refractivity contribution in [3.63, 3.8) is 0 Å². The van der Waals surface area contributed by atoms with Gasteiger partial charge in [-0.3, -0.25) is 9.69 Å². The maximum atomic E-state index is 12.3. The Balaban J connectivity index is 1.94. The zero-order chi connectivity index (χ0) is 15.9. The van der Waals surface area contributed by atoms with Gasteiger partial charge in [0.15, 0.2) is 0 Å². The number of rotatable bonds is 5. The van der Waals surface area contributed by atoms with Crippen LogP contribution in [0.4, 0.5) is 4.79 Å². The molecule has 1 unspecified atom stereocenters. The van der Waals surface area contributed by atoms with Gasteiger partial charge in [0, 0.05) is 6.54 Å². The molecule has 1 N–H and O–H groups in total. The molecule has 1 saturated heterocycles. The molecule has 0 aromatic carbocycles. The first-order chi connectivity index (χ1) is 10.6. The van der Waals surface area contributed by atoms with Crippen molar-refractivity contribution in [2.24, 2.45) is 0 Å². The third-order valence-electron chi connectivity index (χ3n) is 3.45. The molecule has 0 spiro atoms. The van der Waals surface area contributed by atoms with Gasteiger partial charge in [0.2, 0.25) is 5.91 Å². The van der Waals surface area contributed by atoms with E-state index in [1.807, 2.05) is 6.92 Å². The fraction of sp³-hybridized carbons (Fsp3) is 0.600. The van der Waals surface area contributed by atoms with Gasteiger partial charge in [-0.05, 0) is 18.6 Å². The zero-order valence-corrected chi connectivity index (χ0v) is 12.7. The Bertz CT molecular complexity index is 488. The predicted octanol–water partition coefficient (Wildman–Crippen LogP) is 1.22. The fourth-order valence-electron chi connectivity index (χ4n) is 2.27. The van der Waals surface area contributed by atoms with E-state index in [4.69, 9.17) is 9.15 Å². The number of amides is 2. The maximum Gasteiger partial charge on any atom is 0.410 e. The number of nitrogens with zero attached hydrogens (tertiary/aromatic N) is 2. The van der Waals surface area contributed by atoms with Crippen LogP contribution in [0.25, 0.3) is 0 Å². The smallest absolute Gasteiger partial charge is 0.410 e. The van der Waals surface area contributed by atoms with Crippen molar-refractivity contribution >= 4 is 12.0 Å². The van der Waals surface area contributed by atoms with Crippen LogP contribution in [0, 0.1) is 0 Å². The van der Waals surface area contributed by atoms with E-state index in [1.54, 1.807) is 12.1 Å². The van der Waals surface area contributed by atoms with Gasteiger partial charge >= 0.3 is 6.09 Å². The fourth-order valence-corrected chi connectivity index (χ4v) is 2.27. The highest BCUT2D eigenvalue weighted by Gasteiger charge is 2.30. The molecular formula is C15H22N2O5. The molecule has 0 saturated carbocycles. The van der Waals surface area contributed by atoms with E-state index < -0.39 is 12.2 Å². The van der Waals surface area contributed by atoms with Gasteiger partial charge in [-0.25, -0.2) is 4.79 Å². The molecule has 1 atom stereocenters. The van der Waals surface area contributed by atoms with Gasteiger partial charge in [0.1, 0.15) is 12.3 Å². The number of aliphatic hydroxyl groups is 1. The summed E-state index contributed by atoms with van der Waals surface area (Å²) in [7, 11) is 0. The molecule has 1 aromatic rings. The Morgan fingerprint density at radius 3 is 3.00 bits per heavy atom. The van der Waals surface area contributed by atoms with Crippen LogP contribution in [0.5, 0.6) is 0 Å². The van der Waals surface area contributed by atoms with Crippen LogP contribution in [0.2, 0.25) is 0 Å². The van der Waals surface area contributed by atoms with E-state index in [9.17, 15) is 14.7 Å². The maximum absolute atomic E-state index is 12.3. The van der Waals surface area contributed by atoms with E-state index in [0.29, 0.717) is 12.4 Å². The predicted molar refractivity (Wildman–Crippen MR) is 78.0 cm³/mol. The molecule has 2 heterocycles. The van der Waals surface area contributed by atoms with Crippen LogP contribution in [0.3, 0.4) is 0 Å². The number of carbonyl (C=O) groups excluding carboxylic acids is 2. The molecule has 1 aliphatic rings. The van der Waals surface area contributed by atoms with E-state index in [2.05, 4.69) is 0 Å². The van der Waals surface area contributed by atoms with Crippen molar-refractivity contribution in [2.45, 2.75) is 32.4 Å². The second kappa shape index (κ2) is 7.84. The number of hydrogen-bond donors (Lipinski definition) is 1. The van der Waals surface area contributed by atoms with Crippen LogP contribution in [-0.4, -0.2) is 59.3 Å². The van der Waals surface area contributed by atoms with E-state index in [1.165, 1.54) is 16.1 Å². The molecule has 0 aliphatic carbocycles. The van der Waals surface area contributed by atoms with Crippen molar-refractivity contribution in [3.05, 3.63) is 24.2 Å². The Kier molecular flexibility index (Phi) is 5.83. The number of furan rings is 1. The summed E-state index contributed by atoms with van der Waals surface area (Å²) in [4.78, 5) is 26.9. The number of ether oxygens (including phenoxy) is 1. The lowest BCUT2D eigenvalue weighted by molar-refractivity contribution is -0.132. The third kappa shape index (κ3) is 4.49. The lowest BCUT2D eigenvalue weighted by Gasteiger charge is -2.20. The summed E-state index contributed by atoms with van der Waals surface area (Å²) >= 11 is 0. The minimum absolute atomic E-state index is 0.0886. The van der Waals surface area contributed by atoms with E-state index in [0.717, 1.165) is 12.8 Å². The Labute approximate surface area is 129 Å². The van der Waals surface area contributed by atoms with Crippen LogP contribution in [0.15, 0.2) is 22.8 Å². The number of unbranched alkanes of at least 4 members (excludes halogenated alkanes) is 1. The summed E-state index contributed by atoms with van der Waals surface area (Å²) in [6.07, 6.45) is 1.87. The standard InChI is InChI=1S/C15H22N2O5/c1-2-3-6-22-15(20)17-9-12(18)8-16(14(19)11-17)10-13-5-4-7-21-13/h4-5,7,12,18H,2-3,6,8-11H2,1H3. The molecular weight excluding hydrogens is 288 g/mol. The van der Waals surface area contributed by atoms with Crippen molar-refractivity contribution in [2.75, 3.05) is 26.2 Å². The largest absolute Gasteiger partial charge is 0.467 e. The van der Waals surface area contributed by atoms with Crippen LogP contribution in [0.1, 0.15) is 25.5 Å². The van der Waals surface area contributed by atoms with Crippen molar-refractivity contribution in [1.82, 2.24) is 9.80 Å². The average molecular weight is 310 g/mol. The Hall–Kier alpha value is -2.02. The minimum Gasteiger partial charge on any atom is -0.467 e. The summed E-state index contributed by atoms with van der Waals surface area (Å²) in [6, 6.07) is 3.51. The highest BCUT2D eigenvalue weighted by atomic mass is 16.6. The first kappa shape index (κ1) is 16.4. The topological polar surface area (TPSA) is 83.2 Å². The van der Waals surface area contributed by atoms with Crippen molar-refractivity contribution in [1.29, 1.82) is 0 Å². The molecule has 7 nitrogen and oxygen atoms in total. The number of β-amino-alcohol motifs (C(OH)–C–C–N with tert-alkyl or cyclic N) is 1. The molecule has 2 rings (SSSR count). The summed E-state index contributed by atoms with van der Waals surface area (Å²) < 4.78 is 10.3. The molecule has 1 aliphatic heterocycles. The highest BCUT2D eigenvalue weighted by molar-refractivity contribution is 5.82. The van der Waals surface area contributed by atoms with Gasteiger partial charge in [0.25, 0.3) is 0 Å². The summed E-state index contributed by atoms with van der Waals surface area (Å²) in [5, 5.41) is 10.0. The summed E-state index contributed by atoms with van der Waals surface area (Å²) in [5.41, 5.74) is 0. The van der Waals surface area contributed by atoms with Crippen LogP contribution >= 0.6 is 0 Å². The number of hydrogen-bond acceptors (Lipinski definition) is 5. The monoisotopic (exact) mass is 310 g/mol. The van der Waals surface area contributed by atoms with Crippen molar-refractivity contribution < 1.29 is 23.8 Å². The van der Waals surface area contributed by atoms with Gasteiger partial charge < -0.3 is 19.2 Å². The quantitative estimate of drug-likeness (QED) is 0.827. The summed E-state index contributed by atoms with van der Waals surface area (Å²) in [5.74, 6) is 0.403. The van der Waals surface area contributed by atoms with Crippen molar-refractivity contribution in [3.8, 4) is 0 Å². The normalized spacial score (nSPS) is 19.2. The average Bonchev–Trinajstić information content (AvgIpc) is 2.93. The minimum atomic E-state index is -0.805. The van der Waals surface area contributed by atoms with Gasteiger partial charge in [-0.15, -0.1) is 0 Å². The van der Waals surface area contributed by atoms with E-state index in [-0.39, 0.29) is 32.1 Å². The first-order valence-corrected chi connectivity index (χ1v) is 7.50. The molecule has 0 radical (unpaired) electrons. The van der Waals surface area contributed by atoms with Crippen LogP contribution in [-0.2, 0) is 16.1 Å². The Morgan fingerprint density at radius 2 is 2.32 bits per heavy atom. The second-order valence-corrected chi connectivity index (χ2v) is 5.36. The molecule has 1 fully saturated rings. The third-order valence-corrected chi connectivity index (χ3v) is 3.45. The lowest BCUT2D eigenvalue weighted by Crippen LogP contribution is -2.39. The van der Waals surface area contributed by atoms with Gasteiger partial charge in [-0.1, -0.05) is 13.3 Å². The van der Waals surface area contributed by atoms with Gasteiger partial charge in [-0.2, -0.15) is 0 Å². The SMILES string of the molecule is CCCCOC(=O)N1CC(=O)N(Cc2ccco2)CC(O)C1. The molecule has 22 heavy (non-hydrogen) atoms. The first-order valence-electron chi connectivity index (χ1n) is 7.50. The highest BCUT2D eigenvalue weighted by Crippen LogP contribution is 2.12. The molecule has 2 amide bonds. The number of carbonyl (C=O) groups is 2. The lowest BCUT2D eigenvalue weighted by atomic mass is 10.3. The summed E-state index contributed by atoms with van der Waals surface area (Å²) in [6.45, 7) is 2.76. The molecule has 7 heteroatoms. The van der Waals surface area contributed by atoms with Crippen LogP contribution < -0.4 is 0 Å². The van der Waals surface area contributed by atoms with Gasteiger partial charge in [0.05, 0.1) is 32.1 Å².